The molecule has 1 aromatic carbocycles. The summed E-state index contributed by atoms with van der Waals surface area (Å²) in [6, 6.07) is 3.91. The Bertz CT molecular complexity index is 491. The SMILES string of the molecule is CCC(C)NC(=O)CCNc1c(F)cccc1C(=O)O. The third-order valence-electron chi connectivity index (χ3n) is 2.92. The number of anilines is 1. The lowest BCUT2D eigenvalue weighted by Gasteiger charge is -2.13. The van der Waals surface area contributed by atoms with Crippen LogP contribution in [0.2, 0.25) is 0 Å². The third-order valence-corrected chi connectivity index (χ3v) is 2.92. The molecule has 1 aromatic rings. The van der Waals surface area contributed by atoms with Gasteiger partial charge in [-0.1, -0.05) is 13.0 Å². The molecule has 0 aromatic heterocycles. The quantitative estimate of drug-likeness (QED) is 0.716. The van der Waals surface area contributed by atoms with Gasteiger partial charge < -0.3 is 15.7 Å². The summed E-state index contributed by atoms with van der Waals surface area (Å²) in [6.45, 7) is 4.02. The Hall–Kier alpha value is -2.11. The standard InChI is InChI=1S/C14H19FN2O3/c1-3-9(2)17-12(18)7-8-16-13-10(14(19)20)5-4-6-11(13)15/h4-6,9,16H,3,7-8H2,1-2H3,(H,17,18)(H,19,20). The second-order valence-corrected chi connectivity index (χ2v) is 4.52. The highest BCUT2D eigenvalue weighted by atomic mass is 19.1. The normalized spacial score (nSPS) is 11.8. The average molecular weight is 282 g/mol. The Kier molecular flexibility index (Phi) is 5.96. The number of carbonyl (C=O) groups excluding carboxylic acids is 1. The van der Waals surface area contributed by atoms with Crippen molar-refractivity contribution < 1.29 is 19.1 Å². The van der Waals surface area contributed by atoms with E-state index in [9.17, 15) is 14.0 Å². The summed E-state index contributed by atoms with van der Waals surface area (Å²) in [5.74, 6) is -2.01. The van der Waals surface area contributed by atoms with E-state index in [1.165, 1.54) is 18.2 Å². The fourth-order valence-corrected chi connectivity index (χ4v) is 1.63. The van der Waals surface area contributed by atoms with E-state index in [0.717, 1.165) is 6.42 Å². The van der Waals surface area contributed by atoms with Gasteiger partial charge in [-0.2, -0.15) is 0 Å². The molecule has 5 nitrogen and oxygen atoms in total. The summed E-state index contributed by atoms with van der Waals surface area (Å²) >= 11 is 0. The highest BCUT2D eigenvalue weighted by Gasteiger charge is 2.14. The molecule has 6 heteroatoms. The molecule has 20 heavy (non-hydrogen) atoms. The van der Waals surface area contributed by atoms with Gasteiger partial charge in [-0.3, -0.25) is 4.79 Å². The molecule has 0 spiro atoms. The van der Waals surface area contributed by atoms with Crippen LogP contribution in [0.25, 0.3) is 0 Å². The van der Waals surface area contributed by atoms with E-state index in [-0.39, 0.29) is 36.2 Å². The van der Waals surface area contributed by atoms with Gasteiger partial charge in [0.05, 0.1) is 11.3 Å². The number of hydrogen-bond acceptors (Lipinski definition) is 3. The maximum absolute atomic E-state index is 13.6. The van der Waals surface area contributed by atoms with Crippen LogP contribution >= 0.6 is 0 Å². The molecule has 0 heterocycles. The molecule has 0 fully saturated rings. The third kappa shape index (κ3) is 4.53. The van der Waals surface area contributed by atoms with E-state index in [1.807, 2.05) is 13.8 Å². The summed E-state index contributed by atoms with van der Waals surface area (Å²) in [5.41, 5.74) is -0.233. The van der Waals surface area contributed by atoms with E-state index in [4.69, 9.17) is 5.11 Å². The van der Waals surface area contributed by atoms with Crippen molar-refractivity contribution in [2.24, 2.45) is 0 Å². The van der Waals surface area contributed by atoms with Gasteiger partial charge >= 0.3 is 5.97 Å². The van der Waals surface area contributed by atoms with Crippen LogP contribution in [0, 0.1) is 5.82 Å². The number of halogens is 1. The number of nitrogens with one attached hydrogen (secondary N) is 2. The van der Waals surface area contributed by atoms with Gasteiger partial charge in [0.1, 0.15) is 5.82 Å². The molecule has 1 rings (SSSR count). The van der Waals surface area contributed by atoms with Gasteiger partial charge in [-0.15, -0.1) is 0 Å². The Morgan fingerprint density at radius 1 is 1.40 bits per heavy atom. The second kappa shape index (κ2) is 7.47. The molecule has 0 radical (unpaired) electrons. The highest BCUT2D eigenvalue weighted by molar-refractivity contribution is 5.94. The van der Waals surface area contributed by atoms with Crippen LogP contribution in [-0.2, 0) is 4.79 Å². The first kappa shape index (κ1) is 15.9. The predicted octanol–water partition coefficient (Wildman–Crippen LogP) is 2.24. The van der Waals surface area contributed by atoms with E-state index in [1.54, 1.807) is 0 Å². The number of rotatable bonds is 7. The Morgan fingerprint density at radius 2 is 2.10 bits per heavy atom. The maximum Gasteiger partial charge on any atom is 0.337 e. The van der Waals surface area contributed by atoms with E-state index < -0.39 is 11.8 Å². The lowest BCUT2D eigenvalue weighted by Crippen LogP contribution is -2.33. The summed E-state index contributed by atoms with van der Waals surface area (Å²) in [7, 11) is 0. The molecule has 0 bridgehead atoms. The largest absolute Gasteiger partial charge is 0.478 e. The van der Waals surface area contributed by atoms with Crippen molar-refractivity contribution in [1.29, 1.82) is 0 Å². The minimum absolute atomic E-state index is 0.0867. The Balaban J connectivity index is 2.58. The highest BCUT2D eigenvalue weighted by Crippen LogP contribution is 2.19. The summed E-state index contributed by atoms with van der Waals surface area (Å²) in [5, 5.41) is 14.4. The fraction of sp³-hybridized carbons (Fsp3) is 0.429. The zero-order chi connectivity index (χ0) is 15.1. The molecule has 1 amide bonds. The van der Waals surface area contributed by atoms with Crippen molar-refractivity contribution in [2.45, 2.75) is 32.7 Å². The number of carboxylic acids is 1. The fourth-order valence-electron chi connectivity index (χ4n) is 1.63. The molecular formula is C14H19FN2O3. The number of benzene rings is 1. The molecule has 0 saturated heterocycles. The van der Waals surface area contributed by atoms with Crippen LogP contribution in [0.1, 0.15) is 37.0 Å². The zero-order valence-corrected chi connectivity index (χ0v) is 11.6. The van der Waals surface area contributed by atoms with Crippen molar-refractivity contribution >= 4 is 17.6 Å². The molecule has 1 unspecified atom stereocenters. The lowest BCUT2D eigenvalue weighted by molar-refractivity contribution is -0.121. The minimum atomic E-state index is -1.21. The topological polar surface area (TPSA) is 78.4 Å². The van der Waals surface area contributed by atoms with E-state index >= 15 is 0 Å². The monoisotopic (exact) mass is 282 g/mol. The van der Waals surface area contributed by atoms with Crippen molar-refractivity contribution in [3.8, 4) is 0 Å². The first-order chi connectivity index (χ1) is 9.45. The average Bonchev–Trinajstić information content (AvgIpc) is 2.40. The van der Waals surface area contributed by atoms with Crippen molar-refractivity contribution in [3.05, 3.63) is 29.6 Å². The van der Waals surface area contributed by atoms with Crippen molar-refractivity contribution in [1.82, 2.24) is 5.32 Å². The smallest absolute Gasteiger partial charge is 0.337 e. The first-order valence-corrected chi connectivity index (χ1v) is 6.50. The van der Waals surface area contributed by atoms with Crippen molar-refractivity contribution in [3.63, 3.8) is 0 Å². The second-order valence-electron chi connectivity index (χ2n) is 4.52. The number of carbonyl (C=O) groups is 2. The van der Waals surface area contributed by atoms with Gasteiger partial charge in [0.2, 0.25) is 5.91 Å². The molecular weight excluding hydrogens is 263 g/mol. The molecule has 3 N–H and O–H groups in total. The van der Waals surface area contributed by atoms with Crippen molar-refractivity contribution in [2.75, 3.05) is 11.9 Å². The van der Waals surface area contributed by atoms with Crippen LogP contribution < -0.4 is 10.6 Å². The summed E-state index contributed by atoms with van der Waals surface area (Å²) in [6.07, 6.45) is 0.980. The molecule has 0 aliphatic heterocycles. The van der Waals surface area contributed by atoms with Crippen LogP contribution in [-0.4, -0.2) is 29.6 Å². The van der Waals surface area contributed by atoms with Crippen LogP contribution in [0.3, 0.4) is 0 Å². The van der Waals surface area contributed by atoms with Gasteiger partial charge in [-0.05, 0) is 25.5 Å². The Labute approximate surface area is 117 Å². The van der Waals surface area contributed by atoms with Crippen LogP contribution in [0.4, 0.5) is 10.1 Å². The number of hydrogen-bond donors (Lipinski definition) is 3. The number of para-hydroxylation sites is 1. The summed E-state index contributed by atoms with van der Waals surface area (Å²) in [4.78, 5) is 22.5. The van der Waals surface area contributed by atoms with Gasteiger partial charge in [0, 0.05) is 19.0 Å². The predicted molar refractivity (Wildman–Crippen MR) is 74.4 cm³/mol. The number of carboxylic acid groups (broad SMARTS) is 1. The molecule has 0 saturated carbocycles. The minimum Gasteiger partial charge on any atom is -0.478 e. The molecule has 110 valence electrons. The van der Waals surface area contributed by atoms with Gasteiger partial charge in [0.25, 0.3) is 0 Å². The van der Waals surface area contributed by atoms with Gasteiger partial charge in [-0.25, -0.2) is 9.18 Å². The lowest BCUT2D eigenvalue weighted by atomic mass is 10.1. The molecule has 0 aliphatic rings. The number of amides is 1. The van der Waals surface area contributed by atoms with E-state index in [0.29, 0.717) is 0 Å². The van der Waals surface area contributed by atoms with Gasteiger partial charge in [0.15, 0.2) is 0 Å². The van der Waals surface area contributed by atoms with E-state index in [2.05, 4.69) is 10.6 Å². The summed E-state index contributed by atoms with van der Waals surface area (Å²) < 4.78 is 13.6. The van der Waals surface area contributed by atoms with Crippen LogP contribution in [0.5, 0.6) is 0 Å². The maximum atomic E-state index is 13.6. The van der Waals surface area contributed by atoms with Crippen LogP contribution in [0.15, 0.2) is 18.2 Å². The molecule has 0 aliphatic carbocycles. The Morgan fingerprint density at radius 3 is 2.70 bits per heavy atom. The zero-order valence-electron chi connectivity index (χ0n) is 11.6. The first-order valence-electron chi connectivity index (χ1n) is 6.50. The molecule has 1 atom stereocenters. The number of aromatic carboxylic acids is 1.